The van der Waals surface area contributed by atoms with Gasteiger partial charge in [0, 0.05) is 0 Å². The average Bonchev–Trinajstić information content (AvgIpc) is 2.11. The first-order valence-electron chi connectivity index (χ1n) is 6.03. The Balaban J connectivity index is 2.10. The zero-order valence-electron chi connectivity index (χ0n) is 9.80. The molecule has 76 valence electrons. The van der Waals surface area contributed by atoms with Crippen molar-refractivity contribution in [3.05, 3.63) is 0 Å². The molecule has 0 aromatic carbocycles. The summed E-state index contributed by atoms with van der Waals surface area (Å²) in [5.74, 6) is 5.09. The maximum absolute atomic E-state index is 2.54. The second-order valence-corrected chi connectivity index (χ2v) is 5.86. The molecule has 0 N–H and O–H groups in total. The molecule has 0 amide bonds. The van der Waals surface area contributed by atoms with E-state index in [0.29, 0.717) is 5.41 Å². The van der Waals surface area contributed by atoms with Crippen LogP contribution in [0, 0.1) is 35.0 Å². The molecule has 0 aromatic rings. The highest BCUT2D eigenvalue weighted by Gasteiger charge is 2.64. The van der Waals surface area contributed by atoms with E-state index < -0.39 is 0 Å². The van der Waals surface area contributed by atoms with Gasteiger partial charge in [0.2, 0.25) is 0 Å². The first kappa shape index (κ1) is 9.55. The van der Waals surface area contributed by atoms with E-state index in [4.69, 9.17) is 0 Å². The summed E-state index contributed by atoms with van der Waals surface area (Å²) < 4.78 is 0. The summed E-state index contributed by atoms with van der Waals surface area (Å²) in [6.07, 6.45) is 2.87. The normalized spacial score (nSPS) is 56.1. The number of hydrogen-bond donors (Lipinski definition) is 0. The summed E-state index contributed by atoms with van der Waals surface area (Å²) in [5, 5.41) is 0. The minimum absolute atomic E-state index is 0.686. The molecule has 0 radical (unpaired) electrons. The lowest BCUT2D eigenvalue weighted by molar-refractivity contribution is -0.227. The van der Waals surface area contributed by atoms with Gasteiger partial charge >= 0.3 is 0 Å². The number of rotatable bonds is 2. The molecule has 0 nitrogen and oxygen atoms in total. The Morgan fingerprint density at radius 2 is 2.00 bits per heavy atom. The number of fused-ring (bicyclic) bond motifs is 1. The van der Waals surface area contributed by atoms with Gasteiger partial charge in [-0.3, -0.25) is 0 Å². The Hall–Kier alpha value is 0. The summed E-state index contributed by atoms with van der Waals surface area (Å²) in [6, 6.07) is 0. The number of hydrogen-bond acceptors (Lipinski definition) is 0. The fourth-order valence-corrected chi connectivity index (χ4v) is 4.31. The van der Waals surface area contributed by atoms with Gasteiger partial charge in [0.05, 0.1) is 0 Å². The third-order valence-electron chi connectivity index (χ3n) is 5.78. The monoisotopic (exact) mass is 180 g/mol. The Labute approximate surface area is 83.1 Å². The zero-order chi connectivity index (χ0) is 9.80. The molecule has 13 heavy (non-hydrogen) atoms. The SMILES string of the molecule is CCC(C)C1(C)C(C)C2C(C)CC21. The molecule has 0 spiro atoms. The summed E-state index contributed by atoms with van der Waals surface area (Å²) in [4.78, 5) is 0. The van der Waals surface area contributed by atoms with Crippen molar-refractivity contribution in [1.82, 2.24) is 0 Å². The molecule has 0 heteroatoms. The Kier molecular flexibility index (Phi) is 2.02. The van der Waals surface area contributed by atoms with Crippen molar-refractivity contribution in [1.29, 1.82) is 0 Å². The highest BCUT2D eigenvalue weighted by atomic mass is 14.7. The van der Waals surface area contributed by atoms with E-state index in [-0.39, 0.29) is 0 Å². The summed E-state index contributed by atoms with van der Waals surface area (Å²) in [7, 11) is 0. The first-order chi connectivity index (χ1) is 6.03. The lowest BCUT2D eigenvalue weighted by Crippen LogP contribution is -2.65. The molecule has 0 saturated heterocycles. The minimum Gasteiger partial charge on any atom is -0.0651 e. The predicted molar refractivity (Wildman–Crippen MR) is 57.5 cm³/mol. The zero-order valence-corrected chi connectivity index (χ0v) is 9.80. The van der Waals surface area contributed by atoms with Crippen molar-refractivity contribution in [2.24, 2.45) is 35.0 Å². The first-order valence-corrected chi connectivity index (χ1v) is 6.03. The van der Waals surface area contributed by atoms with Crippen LogP contribution in [0.25, 0.3) is 0 Å². The van der Waals surface area contributed by atoms with Gasteiger partial charge in [-0.05, 0) is 41.4 Å². The fourth-order valence-electron chi connectivity index (χ4n) is 4.31. The van der Waals surface area contributed by atoms with Crippen LogP contribution in [-0.4, -0.2) is 0 Å². The quantitative estimate of drug-likeness (QED) is 0.603. The Morgan fingerprint density at radius 1 is 1.38 bits per heavy atom. The average molecular weight is 180 g/mol. The van der Waals surface area contributed by atoms with Gasteiger partial charge in [0.1, 0.15) is 0 Å². The van der Waals surface area contributed by atoms with Crippen molar-refractivity contribution >= 4 is 0 Å². The molecule has 2 rings (SSSR count). The third-order valence-corrected chi connectivity index (χ3v) is 5.78. The molecule has 0 bridgehead atoms. The molecule has 2 fully saturated rings. The van der Waals surface area contributed by atoms with E-state index in [9.17, 15) is 0 Å². The Morgan fingerprint density at radius 3 is 2.38 bits per heavy atom. The summed E-state index contributed by atoms with van der Waals surface area (Å²) >= 11 is 0. The molecule has 2 aliphatic carbocycles. The van der Waals surface area contributed by atoms with Crippen LogP contribution in [0.2, 0.25) is 0 Å². The molecule has 2 saturated carbocycles. The molecular formula is C13H24. The molecule has 6 unspecified atom stereocenters. The van der Waals surface area contributed by atoms with Crippen LogP contribution in [0.15, 0.2) is 0 Å². The van der Waals surface area contributed by atoms with Crippen LogP contribution in [0.1, 0.15) is 47.5 Å². The lowest BCUT2D eigenvalue weighted by atomic mass is 9.34. The summed E-state index contributed by atoms with van der Waals surface area (Å²) in [5.41, 5.74) is 0.686. The van der Waals surface area contributed by atoms with Crippen LogP contribution in [0.4, 0.5) is 0 Å². The van der Waals surface area contributed by atoms with Gasteiger partial charge in [-0.25, -0.2) is 0 Å². The van der Waals surface area contributed by atoms with Crippen molar-refractivity contribution in [2.45, 2.75) is 47.5 Å². The van der Waals surface area contributed by atoms with E-state index in [1.165, 1.54) is 12.8 Å². The van der Waals surface area contributed by atoms with Crippen molar-refractivity contribution in [3.63, 3.8) is 0 Å². The molecule has 2 aliphatic rings. The van der Waals surface area contributed by atoms with Crippen molar-refractivity contribution < 1.29 is 0 Å². The predicted octanol–water partition coefficient (Wildman–Crippen LogP) is 3.96. The van der Waals surface area contributed by atoms with Gasteiger partial charge in [0.15, 0.2) is 0 Å². The molecule has 0 aromatic heterocycles. The van der Waals surface area contributed by atoms with E-state index in [1.807, 2.05) is 0 Å². The topological polar surface area (TPSA) is 0 Å². The van der Waals surface area contributed by atoms with Crippen molar-refractivity contribution in [2.75, 3.05) is 0 Å². The highest BCUT2D eigenvalue weighted by molar-refractivity contribution is 5.12. The van der Waals surface area contributed by atoms with Crippen LogP contribution in [0.3, 0.4) is 0 Å². The van der Waals surface area contributed by atoms with Gasteiger partial charge < -0.3 is 0 Å². The van der Waals surface area contributed by atoms with Gasteiger partial charge in [0.25, 0.3) is 0 Å². The second-order valence-electron chi connectivity index (χ2n) is 5.86. The van der Waals surface area contributed by atoms with Crippen LogP contribution in [-0.2, 0) is 0 Å². The lowest BCUT2D eigenvalue weighted by Gasteiger charge is -2.71. The maximum Gasteiger partial charge on any atom is -0.0241 e. The summed E-state index contributed by atoms with van der Waals surface area (Å²) in [6.45, 7) is 12.3. The molecular weight excluding hydrogens is 156 g/mol. The van der Waals surface area contributed by atoms with E-state index >= 15 is 0 Å². The second kappa shape index (κ2) is 2.74. The maximum atomic E-state index is 2.54. The van der Waals surface area contributed by atoms with Crippen LogP contribution in [0.5, 0.6) is 0 Å². The van der Waals surface area contributed by atoms with Gasteiger partial charge in [-0.15, -0.1) is 0 Å². The fraction of sp³-hybridized carbons (Fsp3) is 1.00. The minimum atomic E-state index is 0.686. The third kappa shape index (κ3) is 0.926. The van der Waals surface area contributed by atoms with Crippen molar-refractivity contribution in [3.8, 4) is 0 Å². The largest absolute Gasteiger partial charge is 0.0651 e. The smallest absolute Gasteiger partial charge is 0.0241 e. The van der Waals surface area contributed by atoms with E-state index in [2.05, 4.69) is 34.6 Å². The molecule has 0 aliphatic heterocycles. The van der Waals surface area contributed by atoms with Crippen LogP contribution < -0.4 is 0 Å². The standard InChI is InChI=1S/C13H24/c1-6-9(3)13(5)10(4)12-8(2)7-11(12)13/h8-12H,6-7H2,1-5H3. The Bertz CT molecular complexity index is 200. The van der Waals surface area contributed by atoms with E-state index in [1.54, 1.807) is 0 Å². The van der Waals surface area contributed by atoms with Gasteiger partial charge in [-0.1, -0.05) is 41.0 Å². The van der Waals surface area contributed by atoms with E-state index in [0.717, 1.165) is 29.6 Å². The molecule has 0 heterocycles. The van der Waals surface area contributed by atoms with Crippen LogP contribution >= 0.6 is 0 Å². The van der Waals surface area contributed by atoms with Gasteiger partial charge in [-0.2, -0.15) is 0 Å². The molecule has 6 atom stereocenters. The highest BCUT2D eigenvalue weighted by Crippen LogP contribution is 2.70.